The molecule has 0 heterocycles. The number of methoxy groups -OCH3 is 1. The maximum Gasteiger partial charge on any atom is 0.184 e. The summed E-state index contributed by atoms with van der Waals surface area (Å²) in [5.41, 5.74) is 0.916. The van der Waals surface area contributed by atoms with Gasteiger partial charge < -0.3 is 9.47 Å². The van der Waals surface area contributed by atoms with Gasteiger partial charge in [-0.1, -0.05) is 48.5 Å². The van der Waals surface area contributed by atoms with Crippen molar-refractivity contribution in [3.63, 3.8) is 0 Å². The lowest BCUT2D eigenvalue weighted by atomic mass is 10.0. The van der Waals surface area contributed by atoms with Crippen molar-refractivity contribution < 1.29 is 9.47 Å². The van der Waals surface area contributed by atoms with Crippen LogP contribution in [-0.2, 0) is 4.74 Å². The Morgan fingerprint density at radius 3 is 2.05 bits per heavy atom. The van der Waals surface area contributed by atoms with Crippen LogP contribution >= 0.6 is 0 Å². The van der Waals surface area contributed by atoms with E-state index in [0.29, 0.717) is 5.75 Å². The van der Waals surface area contributed by atoms with Gasteiger partial charge in [0.2, 0.25) is 0 Å². The molecule has 3 nitrogen and oxygen atoms in total. The van der Waals surface area contributed by atoms with Crippen molar-refractivity contribution >= 4 is 0 Å². The Morgan fingerprint density at radius 1 is 0.947 bits per heavy atom. The van der Waals surface area contributed by atoms with Gasteiger partial charge in [-0.3, -0.25) is 0 Å². The molecule has 0 aliphatic heterocycles. The molecular formula is C16H15NO2. The molecule has 2 atom stereocenters. The lowest BCUT2D eigenvalue weighted by Gasteiger charge is -2.22. The molecule has 0 spiro atoms. The molecule has 0 amide bonds. The van der Waals surface area contributed by atoms with Crippen molar-refractivity contribution in [2.24, 2.45) is 0 Å². The van der Waals surface area contributed by atoms with Crippen LogP contribution in [0.3, 0.4) is 0 Å². The van der Waals surface area contributed by atoms with Crippen LogP contribution in [0.15, 0.2) is 60.7 Å². The first-order valence-electron chi connectivity index (χ1n) is 6.04. The first-order valence-corrected chi connectivity index (χ1v) is 6.04. The summed E-state index contributed by atoms with van der Waals surface area (Å²) >= 11 is 0. The Hall–Kier alpha value is -2.31. The third kappa shape index (κ3) is 3.34. The molecule has 96 valence electrons. The molecule has 19 heavy (non-hydrogen) atoms. The van der Waals surface area contributed by atoms with Crippen molar-refractivity contribution in [2.75, 3.05) is 7.11 Å². The van der Waals surface area contributed by atoms with Gasteiger partial charge in [0.1, 0.15) is 5.75 Å². The van der Waals surface area contributed by atoms with Gasteiger partial charge in [-0.2, -0.15) is 5.26 Å². The number of nitrogens with zero attached hydrogens (tertiary/aromatic N) is 1. The van der Waals surface area contributed by atoms with Crippen LogP contribution in [0.2, 0.25) is 0 Å². The highest BCUT2D eigenvalue weighted by Crippen LogP contribution is 2.25. The summed E-state index contributed by atoms with van der Waals surface area (Å²) in [7, 11) is 1.51. The lowest BCUT2D eigenvalue weighted by Crippen LogP contribution is -2.24. The summed E-state index contributed by atoms with van der Waals surface area (Å²) in [5.74, 6) is 0.716. The monoisotopic (exact) mass is 253 g/mol. The minimum absolute atomic E-state index is 0.446. The van der Waals surface area contributed by atoms with E-state index in [1.54, 1.807) is 0 Å². The average Bonchev–Trinajstić information content (AvgIpc) is 2.49. The fourth-order valence-electron chi connectivity index (χ4n) is 1.84. The van der Waals surface area contributed by atoms with E-state index >= 15 is 0 Å². The van der Waals surface area contributed by atoms with E-state index in [9.17, 15) is 5.26 Å². The average molecular weight is 253 g/mol. The molecule has 2 rings (SSSR count). The summed E-state index contributed by atoms with van der Waals surface area (Å²) in [6.07, 6.45) is -1.10. The van der Waals surface area contributed by atoms with Gasteiger partial charge in [0, 0.05) is 7.11 Å². The molecule has 3 heteroatoms. The molecule has 0 aliphatic carbocycles. The zero-order valence-corrected chi connectivity index (χ0v) is 10.7. The van der Waals surface area contributed by atoms with Crippen LogP contribution in [0.4, 0.5) is 0 Å². The van der Waals surface area contributed by atoms with Crippen molar-refractivity contribution in [3.8, 4) is 11.8 Å². The number of rotatable bonds is 5. The van der Waals surface area contributed by atoms with E-state index in [2.05, 4.69) is 6.07 Å². The first kappa shape index (κ1) is 13.1. The molecule has 0 aromatic heterocycles. The number of nitriles is 1. The number of hydrogen-bond donors (Lipinski definition) is 0. The highest BCUT2D eigenvalue weighted by atomic mass is 16.5. The predicted octanol–water partition coefficient (Wildman–Crippen LogP) is 3.35. The molecule has 0 saturated heterocycles. The van der Waals surface area contributed by atoms with Crippen molar-refractivity contribution in [1.29, 1.82) is 5.26 Å². The van der Waals surface area contributed by atoms with Crippen molar-refractivity contribution in [1.82, 2.24) is 0 Å². The fraction of sp³-hybridized carbons (Fsp3) is 0.188. The SMILES string of the molecule is CO[C@H](C#N)[C@@H](Oc1ccccc1)c1ccccc1. The highest BCUT2D eigenvalue weighted by molar-refractivity contribution is 5.26. The minimum atomic E-state index is -0.650. The van der Waals surface area contributed by atoms with Gasteiger partial charge in [0.15, 0.2) is 12.2 Å². The molecule has 0 radical (unpaired) electrons. The van der Waals surface area contributed by atoms with Gasteiger partial charge in [0.25, 0.3) is 0 Å². The first-order chi connectivity index (χ1) is 9.35. The van der Waals surface area contributed by atoms with Crippen LogP contribution < -0.4 is 4.74 Å². The quantitative estimate of drug-likeness (QED) is 0.820. The van der Waals surface area contributed by atoms with Gasteiger partial charge in [-0.25, -0.2) is 0 Å². The second-order valence-corrected chi connectivity index (χ2v) is 4.05. The molecular weight excluding hydrogens is 238 g/mol. The van der Waals surface area contributed by atoms with E-state index in [1.165, 1.54) is 7.11 Å². The molecule has 0 saturated carbocycles. The summed E-state index contributed by atoms with van der Waals surface area (Å²) in [6.45, 7) is 0. The zero-order valence-electron chi connectivity index (χ0n) is 10.7. The normalized spacial score (nSPS) is 13.3. The van der Waals surface area contributed by atoms with E-state index in [1.807, 2.05) is 60.7 Å². The van der Waals surface area contributed by atoms with Gasteiger partial charge in [-0.15, -0.1) is 0 Å². The third-order valence-corrected chi connectivity index (χ3v) is 2.79. The molecule has 0 aliphatic rings. The second-order valence-electron chi connectivity index (χ2n) is 4.05. The third-order valence-electron chi connectivity index (χ3n) is 2.79. The van der Waals surface area contributed by atoms with E-state index in [4.69, 9.17) is 9.47 Å². The van der Waals surface area contributed by atoms with Gasteiger partial charge in [-0.05, 0) is 17.7 Å². The number of ether oxygens (including phenoxy) is 2. The number of hydrogen-bond acceptors (Lipinski definition) is 3. The topological polar surface area (TPSA) is 42.2 Å². The maximum atomic E-state index is 9.18. The van der Waals surface area contributed by atoms with Crippen molar-refractivity contribution in [2.45, 2.75) is 12.2 Å². The van der Waals surface area contributed by atoms with E-state index in [0.717, 1.165) is 5.56 Å². The minimum Gasteiger partial charge on any atom is -0.482 e. The van der Waals surface area contributed by atoms with Crippen LogP contribution in [0.25, 0.3) is 0 Å². The second kappa shape index (κ2) is 6.58. The Kier molecular flexibility index (Phi) is 4.54. The van der Waals surface area contributed by atoms with Crippen LogP contribution in [0.5, 0.6) is 5.75 Å². The zero-order chi connectivity index (χ0) is 13.5. The predicted molar refractivity (Wildman–Crippen MR) is 72.7 cm³/mol. The molecule has 0 N–H and O–H groups in total. The van der Waals surface area contributed by atoms with E-state index in [-0.39, 0.29) is 0 Å². The summed E-state index contributed by atoms with van der Waals surface area (Å²) in [6, 6.07) is 21.2. The van der Waals surface area contributed by atoms with Gasteiger partial charge >= 0.3 is 0 Å². The Balaban J connectivity index is 2.28. The van der Waals surface area contributed by atoms with Crippen LogP contribution in [0, 0.1) is 11.3 Å². The molecule has 2 aromatic rings. The molecule has 2 aromatic carbocycles. The van der Waals surface area contributed by atoms with Crippen LogP contribution in [-0.4, -0.2) is 13.2 Å². The summed E-state index contributed by atoms with van der Waals surface area (Å²) in [5, 5.41) is 9.18. The Morgan fingerprint density at radius 2 is 1.53 bits per heavy atom. The molecule has 0 fully saturated rings. The lowest BCUT2D eigenvalue weighted by molar-refractivity contribution is 0.0356. The van der Waals surface area contributed by atoms with Crippen LogP contribution in [0.1, 0.15) is 11.7 Å². The summed E-state index contributed by atoms with van der Waals surface area (Å²) in [4.78, 5) is 0. The molecule has 0 unspecified atom stereocenters. The fourth-order valence-corrected chi connectivity index (χ4v) is 1.84. The van der Waals surface area contributed by atoms with Gasteiger partial charge in [0.05, 0.1) is 6.07 Å². The Bertz CT molecular complexity index is 534. The highest BCUT2D eigenvalue weighted by Gasteiger charge is 2.24. The smallest absolute Gasteiger partial charge is 0.184 e. The standard InChI is InChI=1S/C16H15NO2/c1-18-15(12-17)16(13-8-4-2-5-9-13)19-14-10-6-3-7-11-14/h2-11,15-16H,1H3/t15-,16+/m1/s1. The molecule has 0 bridgehead atoms. The Labute approximate surface area is 113 Å². The summed E-state index contributed by atoms with van der Waals surface area (Å²) < 4.78 is 11.1. The largest absolute Gasteiger partial charge is 0.482 e. The van der Waals surface area contributed by atoms with E-state index < -0.39 is 12.2 Å². The number of benzene rings is 2. The number of para-hydroxylation sites is 1. The maximum absolute atomic E-state index is 9.18. The van der Waals surface area contributed by atoms with Crippen molar-refractivity contribution in [3.05, 3.63) is 66.2 Å².